The fraction of sp³-hybridized carbons (Fsp3) is 0.385. The molecule has 1 aliphatic rings. The average molecular weight is 270 g/mol. The number of carbonyl (C=O) groups is 1. The Hall–Kier alpha value is -1.85. The summed E-state index contributed by atoms with van der Waals surface area (Å²) >= 11 is 0. The Kier molecular flexibility index (Phi) is 3.34. The third-order valence-electron chi connectivity index (χ3n) is 3.14. The number of nitrogens with zero attached hydrogens (tertiary/aromatic N) is 2. The number of benzene rings is 1. The molecule has 1 amide bonds. The third-order valence-corrected chi connectivity index (χ3v) is 3.14. The van der Waals surface area contributed by atoms with E-state index in [0.717, 1.165) is 16.1 Å². The van der Waals surface area contributed by atoms with Crippen molar-refractivity contribution >= 4 is 11.6 Å². The molecule has 1 aromatic carbocycles. The first-order valence-electron chi connectivity index (χ1n) is 5.82. The lowest BCUT2D eigenvalue weighted by Crippen LogP contribution is -2.31. The molecule has 0 N–H and O–H groups in total. The molecule has 0 bridgehead atoms. The van der Waals surface area contributed by atoms with Gasteiger partial charge in [0, 0.05) is 0 Å². The van der Waals surface area contributed by atoms with E-state index in [1.54, 1.807) is 12.1 Å². The van der Waals surface area contributed by atoms with Crippen molar-refractivity contribution in [1.29, 1.82) is 0 Å². The number of hydrogen-bond acceptors (Lipinski definition) is 2. The maximum Gasteiger partial charge on any atom is 0.431 e. The molecule has 1 aliphatic heterocycles. The van der Waals surface area contributed by atoms with Crippen molar-refractivity contribution in [3.05, 3.63) is 35.4 Å². The maximum absolute atomic E-state index is 12.7. The first kappa shape index (κ1) is 13.6. The number of hydrogen-bond donors (Lipinski definition) is 0. The summed E-state index contributed by atoms with van der Waals surface area (Å²) in [6.07, 6.45) is -4.56. The lowest BCUT2D eigenvalue weighted by Gasteiger charge is -2.14. The van der Waals surface area contributed by atoms with Gasteiger partial charge in [-0.15, -0.1) is 0 Å². The second-order valence-electron chi connectivity index (χ2n) is 4.53. The Morgan fingerprint density at radius 1 is 1.32 bits per heavy atom. The van der Waals surface area contributed by atoms with E-state index in [9.17, 15) is 18.0 Å². The van der Waals surface area contributed by atoms with E-state index in [1.807, 2.05) is 19.1 Å². The molecule has 1 heterocycles. The Morgan fingerprint density at radius 2 is 1.95 bits per heavy atom. The van der Waals surface area contributed by atoms with Gasteiger partial charge in [-0.2, -0.15) is 18.3 Å². The molecule has 2 rings (SSSR count). The van der Waals surface area contributed by atoms with Gasteiger partial charge < -0.3 is 0 Å². The summed E-state index contributed by atoms with van der Waals surface area (Å²) in [5.74, 6) is -1.85. The smallest absolute Gasteiger partial charge is 0.272 e. The zero-order chi connectivity index (χ0) is 14.2. The molecule has 0 aromatic heterocycles. The van der Waals surface area contributed by atoms with Crippen LogP contribution in [0, 0.1) is 12.8 Å². The normalized spacial score (nSPS) is 19.8. The Balaban J connectivity index is 2.25. The zero-order valence-corrected chi connectivity index (χ0v) is 10.5. The zero-order valence-electron chi connectivity index (χ0n) is 10.5. The predicted molar refractivity (Wildman–Crippen MR) is 64.4 cm³/mol. The number of hydrazone groups is 1. The van der Waals surface area contributed by atoms with E-state index < -0.39 is 23.7 Å². The molecule has 0 radical (unpaired) electrons. The van der Waals surface area contributed by atoms with Crippen molar-refractivity contribution in [2.75, 3.05) is 0 Å². The molecule has 1 aromatic rings. The highest BCUT2D eigenvalue weighted by Crippen LogP contribution is 2.29. The van der Waals surface area contributed by atoms with Crippen molar-refractivity contribution in [3.63, 3.8) is 0 Å². The molecule has 19 heavy (non-hydrogen) atoms. The van der Waals surface area contributed by atoms with Gasteiger partial charge >= 0.3 is 6.18 Å². The molecule has 6 heteroatoms. The third kappa shape index (κ3) is 2.62. The minimum Gasteiger partial charge on any atom is -0.272 e. The molecule has 0 fully saturated rings. The van der Waals surface area contributed by atoms with Gasteiger partial charge in [0.15, 0.2) is 5.71 Å². The van der Waals surface area contributed by atoms with Gasteiger partial charge in [-0.05, 0) is 25.0 Å². The van der Waals surface area contributed by atoms with E-state index in [2.05, 4.69) is 5.10 Å². The molecule has 1 atom stereocenters. The molecule has 0 spiro atoms. The molecule has 0 saturated heterocycles. The first-order valence-corrected chi connectivity index (χ1v) is 5.82. The SMILES string of the molecule is Cc1ccccc1CN1N=C(C(F)(F)F)C(C)C1=O. The number of aryl methyl sites for hydroxylation is 1. The first-order chi connectivity index (χ1) is 8.80. The van der Waals surface area contributed by atoms with Crippen molar-refractivity contribution in [3.8, 4) is 0 Å². The van der Waals surface area contributed by atoms with Crippen LogP contribution >= 0.6 is 0 Å². The van der Waals surface area contributed by atoms with Crippen LogP contribution < -0.4 is 0 Å². The lowest BCUT2D eigenvalue weighted by atomic mass is 10.1. The van der Waals surface area contributed by atoms with Crippen LogP contribution in [0.3, 0.4) is 0 Å². The molecular formula is C13H13F3N2O. The summed E-state index contributed by atoms with van der Waals surface area (Å²) in [7, 11) is 0. The van der Waals surface area contributed by atoms with Crippen molar-refractivity contribution in [2.45, 2.75) is 26.6 Å². The van der Waals surface area contributed by atoms with Gasteiger partial charge in [0.05, 0.1) is 12.5 Å². The van der Waals surface area contributed by atoms with Crippen molar-refractivity contribution < 1.29 is 18.0 Å². The second kappa shape index (κ2) is 4.68. The summed E-state index contributed by atoms with van der Waals surface area (Å²) in [6, 6.07) is 7.22. The molecule has 1 unspecified atom stereocenters. The van der Waals surface area contributed by atoms with Crippen LogP contribution in [0.2, 0.25) is 0 Å². The van der Waals surface area contributed by atoms with Crippen LogP contribution in [0.5, 0.6) is 0 Å². The monoisotopic (exact) mass is 270 g/mol. The number of amides is 1. The summed E-state index contributed by atoms with van der Waals surface area (Å²) in [5, 5.41) is 4.33. The fourth-order valence-corrected chi connectivity index (χ4v) is 1.97. The van der Waals surface area contributed by atoms with Crippen LogP contribution in [0.25, 0.3) is 0 Å². The second-order valence-corrected chi connectivity index (χ2v) is 4.53. The highest BCUT2D eigenvalue weighted by atomic mass is 19.4. The van der Waals surface area contributed by atoms with Gasteiger partial charge in [0.1, 0.15) is 0 Å². The van der Waals surface area contributed by atoms with Crippen molar-refractivity contribution in [2.24, 2.45) is 11.0 Å². The number of carbonyl (C=O) groups excluding carboxylic acids is 1. The molecule has 0 aliphatic carbocycles. The van der Waals surface area contributed by atoms with Crippen LogP contribution in [0.1, 0.15) is 18.1 Å². The fourth-order valence-electron chi connectivity index (χ4n) is 1.97. The van der Waals surface area contributed by atoms with E-state index in [-0.39, 0.29) is 6.54 Å². The Morgan fingerprint density at radius 3 is 2.47 bits per heavy atom. The number of rotatable bonds is 2. The van der Waals surface area contributed by atoms with Crippen molar-refractivity contribution in [1.82, 2.24) is 5.01 Å². The van der Waals surface area contributed by atoms with Gasteiger partial charge in [-0.3, -0.25) is 4.79 Å². The lowest BCUT2D eigenvalue weighted by molar-refractivity contribution is -0.132. The van der Waals surface area contributed by atoms with Crippen LogP contribution in [-0.4, -0.2) is 22.8 Å². The minimum atomic E-state index is -4.56. The van der Waals surface area contributed by atoms with Gasteiger partial charge in [0.25, 0.3) is 5.91 Å². The van der Waals surface area contributed by atoms with Crippen LogP contribution in [0.4, 0.5) is 13.2 Å². The summed E-state index contributed by atoms with van der Waals surface area (Å²) in [4.78, 5) is 11.8. The predicted octanol–water partition coefficient (Wildman–Crippen LogP) is 2.89. The molecule has 0 saturated carbocycles. The van der Waals surface area contributed by atoms with E-state index in [1.165, 1.54) is 6.92 Å². The average Bonchev–Trinajstić information content (AvgIpc) is 2.60. The summed E-state index contributed by atoms with van der Waals surface area (Å²) in [5.41, 5.74) is 0.680. The van der Waals surface area contributed by atoms with Crippen LogP contribution in [0.15, 0.2) is 29.4 Å². The van der Waals surface area contributed by atoms with Crippen LogP contribution in [-0.2, 0) is 11.3 Å². The molecular weight excluding hydrogens is 257 g/mol. The number of alkyl halides is 3. The van der Waals surface area contributed by atoms with E-state index in [4.69, 9.17) is 0 Å². The minimum absolute atomic E-state index is 0.0649. The van der Waals surface area contributed by atoms with Gasteiger partial charge in [-0.25, -0.2) is 5.01 Å². The van der Waals surface area contributed by atoms with E-state index in [0.29, 0.717) is 0 Å². The molecule has 102 valence electrons. The topological polar surface area (TPSA) is 32.7 Å². The maximum atomic E-state index is 12.7. The molecule has 3 nitrogen and oxygen atoms in total. The summed E-state index contributed by atoms with van der Waals surface area (Å²) < 4.78 is 38.0. The summed E-state index contributed by atoms with van der Waals surface area (Å²) in [6.45, 7) is 3.13. The largest absolute Gasteiger partial charge is 0.431 e. The Labute approximate surface area is 108 Å². The highest BCUT2D eigenvalue weighted by Gasteiger charge is 2.47. The number of halogens is 3. The van der Waals surface area contributed by atoms with E-state index >= 15 is 0 Å². The standard InChI is InChI=1S/C13H13F3N2O/c1-8-5-3-4-6-10(8)7-18-12(19)9(2)11(17-18)13(14,15)16/h3-6,9H,7H2,1-2H3. The highest BCUT2D eigenvalue weighted by molar-refractivity contribution is 6.10. The van der Waals surface area contributed by atoms with Gasteiger partial charge in [-0.1, -0.05) is 24.3 Å². The Bertz CT molecular complexity index is 537. The van der Waals surface area contributed by atoms with Gasteiger partial charge in [0.2, 0.25) is 0 Å². The quantitative estimate of drug-likeness (QED) is 0.813.